The third-order valence-corrected chi connectivity index (χ3v) is 5.27. The maximum absolute atomic E-state index is 11.7. The Kier molecular flexibility index (Phi) is 8.57. The van der Waals surface area contributed by atoms with Crippen molar-refractivity contribution in [2.45, 2.75) is 38.0 Å². The molecule has 0 N–H and O–H groups in total. The van der Waals surface area contributed by atoms with Crippen molar-refractivity contribution in [3.8, 4) is 5.75 Å². The molecule has 5 heteroatoms. The van der Waals surface area contributed by atoms with Gasteiger partial charge in [0.15, 0.2) is 6.61 Å². The van der Waals surface area contributed by atoms with Gasteiger partial charge in [-0.05, 0) is 36.5 Å². The first kappa shape index (κ1) is 20.9. The topological polar surface area (TPSA) is 57.1 Å². The zero-order chi connectivity index (χ0) is 20.2. The maximum Gasteiger partial charge on any atom is 0.344 e. The molecule has 1 atom stereocenters. The van der Waals surface area contributed by atoms with Gasteiger partial charge in [-0.1, -0.05) is 72.9 Å². The summed E-state index contributed by atoms with van der Waals surface area (Å²) < 4.78 is 10.4. The lowest BCUT2D eigenvalue weighted by Crippen LogP contribution is -2.20. The Balaban J connectivity index is 1.38. The molecule has 0 radical (unpaired) electrons. The van der Waals surface area contributed by atoms with E-state index in [0.717, 1.165) is 0 Å². The van der Waals surface area contributed by atoms with Crippen LogP contribution >= 0.6 is 0 Å². The van der Waals surface area contributed by atoms with Crippen LogP contribution in [0.25, 0.3) is 0 Å². The van der Waals surface area contributed by atoms with Crippen LogP contribution < -0.4 is 4.74 Å². The lowest BCUT2D eigenvalue weighted by molar-refractivity contribution is -0.144. The van der Waals surface area contributed by atoms with Gasteiger partial charge in [-0.3, -0.25) is 0 Å². The zero-order valence-corrected chi connectivity index (χ0v) is 16.7. The van der Waals surface area contributed by atoms with E-state index in [0.29, 0.717) is 24.2 Å². The van der Waals surface area contributed by atoms with Gasteiger partial charge in [0.25, 0.3) is 0 Å². The Bertz CT molecular complexity index is 742. The molecule has 0 bridgehead atoms. The zero-order valence-electron chi connectivity index (χ0n) is 16.7. The molecule has 0 saturated heterocycles. The highest BCUT2D eigenvalue weighted by Gasteiger charge is 2.25. The second-order valence-corrected chi connectivity index (χ2v) is 7.28. The summed E-state index contributed by atoms with van der Waals surface area (Å²) in [5.41, 5.74) is 1.30. The van der Waals surface area contributed by atoms with E-state index in [9.17, 15) is 4.79 Å². The van der Waals surface area contributed by atoms with Crippen molar-refractivity contribution in [1.29, 1.82) is 0 Å². The van der Waals surface area contributed by atoms with Crippen LogP contribution in [0, 0.1) is 5.92 Å². The summed E-state index contributed by atoms with van der Waals surface area (Å²) >= 11 is 0. The van der Waals surface area contributed by atoms with Crippen LogP contribution in [0.5, 0.6) is 5.75 Å². The summed E-state index contributed by atoms with van der Waals surface area (Å²) in [5.74, 6) is 1.17. The fourth-order valence-corrected chi connectivity index (χ4v) is 3.78. The van der Waals surface area contributed by atoms with E-state index in [1.54, 1.807) is 12.1 Å². The summed E-state index contributed by atoms with van der Waals surface area (Å²) in [7, 11) is 0. The van der Waals surface area contributed by atoms with E-state index in [1.165, 1.54) is 43.9 Å². The van der Waals surface area contributed by atoms with E-state index >= 15 is 0 Å². The standard InChI is InChI=1S/C24H29NO4/c26-24(19-28-22-14-8-3-9-15-22)27-17-16-25-29-18-23(20-10-4-1-5-11-20)21-12-6-2-7-13-21/h1,3-5,8-11,14-16,21,23H,2,6-7,12-13,17-19H2. The van der Waals surface area contributed by atoms with Gasteiger partial charge < -0.3 is 14.3 Å². The molecule has 1 aliphatic rings. The van der Waals surface area contributed by atoms with E-state index in [-0.39, 0.29) is 13.2 Å². The number of carbonyl (C=O) groups excluding carboxylic acids is 1. The van der Waals surface area contributed by atoms with Crippen molar-refractivity contribution < 1.29 is 19.1 Å². The largest absolute Gasteiger partial charge is 0.482 e. The summed E-state index contributed by atoms with van der Waals surface area (Å²) in [6.07, 6.45) is 7.87. The second-order valence-electron chi connectivity index (χ2n) is 7.28. The molecule has 0 heterocycles. The molecule has 154 valence electrons. The fraction of sp³-hybridized carbons (Fsp3) is 0.417. The number of hydrogen-bond donors (Lipinski definition) is 0. The molecule has 0 spiro atoms. The lowest BCUT2D eigenvalue weighted by Gasteiger charge is -2.29. The number of esters is 1. The van der Waals surface area contributed by atoms with E-state index in [1.807, 2.05) is 24.3 Å². The number of rotatable bonds is 10. The van der Waals surface area contributed by atoms with Crippen LogP contribution in [0.3, 0.4) is 0 Å². The smallest absolute Gasteiger partial charge is 0.344 e. The Morgan fingerprint density at radius 2 is 1.69 bits per heavy atom. The summed E-state index contributed by atoms with van der Waals surface area (Å²) in [6.45, 7) is 0.475. The van der Waals surface area contributed by atoms with Crippen molar-refractivity contribution in [2.75, 3.05) is 19.8 Å². The predicted octanol–water partition coefficient (Wildman–Crippen LogP) is 4.98. The number of para-hydroxylation sites is 1. The second kappa shape index (κ2) is 11.9. The van der Waals surface area contributed by atoms with Gasteiger partial charge in [0.1, 0.15) is 19.0 Å². The third-order valence-electron chi connectivity index (χ3n) is 5.27. The highest BCUT2D eigenvalue weighted by Crippen LogP contribution is 2.36. The molecule has 0 amide bonds. The first-order valence-corrected chi connectivity index (χ1v) is 10.3. The van der Waals surface area contributed by atoms with Crippen molar-refractivity contribution in [1.82, 2.24) is 0 Å². The number of nitrogens with zero attached hydrogens (tertiary/aromatic N) is 1. The molecule has 1 aliphatic carbocycles. The van der Waals surface area contributed by atoms with Gasteiger partial charge >= 0.3 is 5.97 Å². The Morgan fingerprint density at radius 1 is 1.00 bits per heavy atom. The van der Waals surface area contributed by atoms with Crippen LogP contribution in [0.1, 0.15) is 43.6 Å². The molecule has 1 saturated carbocycles. The molecule has 5 nitrogen and oxygen atoms in total. The highest BCUT2D eigenvalue weighted by molar-refractivity contribution is 5.73. The minimum Gasteiger partial charge on any atom is -0.482 e. The maximum atomic E-state index is 11.7. The minimum atomic E-state index is -0.440. The Morgan fingerprint density at radius 3 is 2.41 bits per heavy atom. The molecule has 3 rings (SSSR count). The van der Waals surface area contributed by atoms with Gasteiger partial charge in [0.2, 0.25) is 0 Å². The van der Waals surface area contributed by atoms with Crippen LogP contribution in [0.15, 0.2) is 65.8 Å². The molecule has 29 heavy (non-hydrogen) atoms. The summed E-state index contributed by atoms with van der Waals surface area (Å²) in [4.78, 5) is 17.3. The van der Waals surface area contributed by atoms with Crippen molar-refractivity contribution in [2.24, 2.45) is 11.1 Å². The van der Waals surface area contributed by atoms with Gasteiger partial charge in [0, 0.05) is 5.92 Å². The van der Waals surface area contributed by atoms with E-state index < -0.39 is 5.97 Å². The predicted molar refractivity (Wildman–Crippen MR) is 113 cm³/mol. The molecule has 2 aromatic carbocycles. The number of carbonyl (C=O) groups is 1. The van der Waals surface area contributed by atoms with E-state index in [2.05, 4.69) is 29.4 Å². The summed E-state index contributed by atoms with van der Waals surface area (Å²) in [5, 5.41) is 3.98. The number of oxime groups is 1. The molecular formula is C24H29NO4. The van der Waals surface area contributed by atoms with Gasteiger partial charge in [-0.2, -0.15) is 0 Å². The average molecular weight is 395 g/mol. The Hall–Kier alpha value is -2.82. The van der Waals surface area contributed by atoms with Crippen molar-refractivity contribution in [3.63, 3.8) is 0 Å². The first-order chi connectivity index (χ1) is 14.3. The number of hydrogen-bond acceptors (Lipinski definition) is 5. The van der Waals surface area contributed by atoms with Crippen LogP contribution in [-0.4, -0.2) is 32.0 Å². The lowest BCUT2D eigenvalue weighted by atomic mass is 9.77. The van der Waals surface area contributed by atoms with Gasteiger partial charge in [-0.15, -0.1) is 0 Å². The Labute approximate surface area is 172 Å². The molecule has 1 unspecified atom stereocenters. The third kappa shape index (κ3) is 7.26. The number of ether oxygens (including phenoxy) is 2. The first-order valence-electron chi connectivity index (χ1n) is 10.3. The van der Waals surface area contributed by atoms with Crippen molar-refractivity contribution >= 4 is 12.2 Å². The molecule has 0 aliphatic heterocycles. The molecule has 0 aromatic heterocycles. The van der Waals surface area contributed by atoms with Gasteiger partial charge in [0.05, 0.1) is 6.21 Å². The highest BCUT2D eigenvalue weighted by atomic mass is 16.6. The average Bonchev–Trinajstić information content (AvgIpc) is 2.79. The van der Waals surface area contributed by atoms with Crippen LogP contribution in [0.4, 0.5) is 0 Å². The fourth-order valence-electron chi connectivity index (χ4n) is 3.78. The normalized spacial score (nSPS) is 15.7. The summed E-state index contributed by atoms with van der Waals surface area (Å²) in [6, 6.07) is 19.7. The molecule has 1 fully saturated rings. The monoisotopic (exact) mass is 395 g/mol. The van der Waals surface area contributed by atoms with Gasteiger partial charge in [-0.25, -0.2) is 4.79 Å². The van der Waals surface area contributed by atoms with Crippen LogP contribution in [0.2, 0.25) is 0 Å². The molecule has 2 aromatic rings. The van der Waals surface area contributed by atoms with E-state index in [4.69, 9.17) is 14.3 Å². The number of benzene rings is 2. The van der Waals surface area contributed by atoms with Crippen LogP contribution in [-0.2, 0) is 14.4 Å². The van der Waals surface area contributed by atoms with Crippen molar-refractivity contribution in [3.05, 3.63) is 66.2 Å². The quantitative estimate of drug-likeness (QED) is 0.324. The minimum absolute atomic E-state index is 0.0659. The SMILES string of the molecule is O=C(COc1ccccc1)OCC=NOCC(c1ccccc1)C1CCCCC1. The molecular weight excluding hydrogens is 366 g/mol.